The van der Waals surface area contributed by atoms with Gasteiger partial charge in [0, 0.05) is 17.6 Å². The normalized spacial score (nSPS) is 10.6. The van der Waals surface area contributed by atoms with Crippen molar-refractivity contribution in [2.24, 2.45) is 0 Å². The van der Waals surface area contributed by atoms with Gasteiger partial charge in [-0.15, -0.1) is 0 Å². The van der Waals surface area contributed by atoms with E-state index in [4.69, 9.17) is 27.9 Å². The van der Waals surface area contributed by atoms with Gasteiger partial charge in [-0.1, -0.05) is 36.2 Å². The van der Waals surface area contributed by atoms with Crippen LogP contribution in [0.2, 0.25) is 10.0 Å². The van der Waals surface area contributed by atoms with E-state index in [9.17, 15) is 0 Å². The molecule has 2 aromatic rings. The fourth-order valence-corrected chi connectivity index (χ4v) is 2.19. The van der Waals surface area contributed by atoms with Crippen LogP contribution in [0.15, 0.2) is 36.4 Å². The fraction of sp³-hybridized carbons (Fsp3) is 0.250. The van der Waals surface area contributed by atoms with Crippen molar-refractivity contribution in [2.45, 2.75) is 20.4 Å². The average molecular weight is 310 g/mol. The molecule has 0 spiro atoms. The molecule has 0 saturated heterocycles. The maximum Gasteiger partial charge on any atom is 0.147 e. The summed E-state index contributed by atoms with van der Waals surface area (Å²) in [6.07, 6.45) is 0. The minimum absolute atomic E-state index is 0.545. The Bertz CT molecular complexity index is 599. The summed E-state index contributed by atoms with van der Waals surface area (Å²) in [6.45, 7) is 5.98. The lowest BCUT2D eigenvalue weighted by Gasteiger charge is -2.11. The second-order valence-corrected chi connectivity index (χ2v) is 5.39. The first-order valence-corrected chi connectivity index (χ1v) is 7.29. The summed E-state index contributed by atoms with van der Waals surface area (Å²) in [6, 6.07) is 11.2. The van der Waals surface area contributed by atoms with Crippen molar-refractivity contribution in [1.82, 2.24) is 5.32 Å². The molecule has 4 heteroatoms. The van der Waals surface area contributed by atoms with Gasteiger partial charge < -0.3 is 10.1 Å². The molecule has 0 heterocycles. The van der Waals surface area contributed by atoms with Gasteiger partial charge >= 0.3 is 0 Å². The maximum atomic E-state index is 6.09. The average Bonchev–Trinajstić information content (AvgIpc) is 2.42. The van der Waals surface area contributed by atoms with E-state index < -0.39 is 0 Å². The molecule has 0 aliphatic heterocycles. The molecular weight excluding hydrogens is 293 g/mol. The summed E-state index contributed by atoms with van der Waals surface area (Å²) < 4.78 is 5.79. The Morgan fingerprint density at radius 1 is 1.10 bits per heavy atom. The van der Waals surface area contributed by atoms with Crippen LogP contribution in [0.1, 0.15) is 18.1 Å². The van der Waals surface area contributed by atoms with Crippen molar-refractivity contribution in [2.75, 3.05) is 6.54 Å². The molecule has 0 aromatic heterocycles. The zero-order chi connectivity index (χ0) is 14.5. The molecule has 1 N–H and O–H groups in total. The number of halogens is 2. The largest absolute Gasteiger partial charge is 0.456 e. The number of benzene rings is 2. The Kier molecular flexibility index (Phi) is 5.30. The number of ether oxygens (including phenoxy) is 1. The molecule has 0 bridgehead atoms. The Morgan fingerprint density at radius 3 is 2.60 bits per heavy atom. The third-order valence-corrected chi connectivity index (χ3v) is 3.55. The number of aryl methyl sites for hydroxylation is 1. The summed E-state index contributed by atoms with van der Waals surface area (Å²) in [5.74, 6) is 1.32. The SMILES string of the molecule is CCNCc1ccc(Oc2cc(Cl)ccc2Cl)cc1C. The quantitative estimate of drug-likeness (QED) is 0.819. The zero-order valence-corrected chi connectivity index (χ0v) is 13.1. The minimum atomic E-state index is 0.545. The van der Waals surface area contributed by atoms with E-state index in [2.05, 4.69) is 25.2 Å². The van der Waals surface area contributed by atoms with Gasteiger partial charge in [0.15, 0.2) is 0 Å². The minimum Gasteiger partial charge on any atom is -0.456 e. The van der Waals surface area contributed by atoms with E-state index in [1.54, 1.807) is 18.2 Å². The molecule has 0 atom stereocenters. The number of rotatable bonds is 5. The number of hydrogen-bond donors (Lipinski definition) is 1. The van der Waals surface area contributed by atoms with E-state index in [1.807, 2.05) is 12.1 Å². The van der Waals surface area contributed by atoms with Crippen LogP contribution in [-0.4, -0.2) is 6.54 Å². The van der Waals surface area contributed by atoms with Gasteiger partial charge in [0.1, 0.15) is 11.5 Å². The Morgan fingerprint density at radius 2 is 1.90 bits per heavy atom. The molecule has 20 heavy (non-hydrogen) atoms. The van der Waals surface area contributed by atoms with Gasteiger partial charge in [0.2, 0.25) is 0 Å². The van der Waals surface area contributed by atoms with Crippen molar-refractivity contribution in [1.29, 1.82) is 0 Å². The molecule has 0 saturated carbocycles. The van der Waals surface area contributed by atoms with E-state index in [0.29, 0.717) is 15.8 Å². The lowest BCUT2D eigenvalue weighted by atomic mass is 10.1. The predicted molar refractivity (Wildman–Crippen MR) is 85.1 cm³/mol. The van der Waals surface area contributed by atoms with E-state index in [1.165, 1.54) is 11.1 Å². The van der Waals surface area contributed by atoms with Crippen LogP contribution in [0, 0.1) is 6.92 Å². The summed E-state index contributed by atoms with van der Waals surface area (Å²) in [7, 11) is 0. The summed E-state index contributed by atoms with van der Waals surface area (Å²) in [5, 5.41) is 4.46. The molecule has 2 nitrogen and oxygen atoms in total. The van der Waals surface area contributed by atoms with Crippen LogP contribution in [0.4, 0.5) is 0 Å². The van der Waals surface area contributed by atoms with Crippen molar-refractivity contribution in [3.05, 3.63) is 57.6 Å². The van der Waals surface area contributed by atoms with Gasteiger partial charge in [0.25, 0.3) is 0 Å². The molecule has 2 aromatic carbocycles. The molecule has 2 rings (SSSR count). The summed E-state index contributed by atoms with van der Waals surface area (Å²) in [5.41, 5.74) is 2.44. The van der Waals surface area contributed by atoms with Crippen LogP contribution in [0.25, 0.3) is 0 Å². The second kappa shape index (κ2) is 6.98. The lowest BCUT2D eigenvalue weighted by molar-refractivity contribution is 0.482. The van der Waals surface area contributed by atoms with Crippen LogP contribution in [0.5, 0.6) is 11.5 Å². The molecule has 0 radical (unpaired) electrons. The smallest absolute Gasteiger partial charge is 0.147 e. The zero-order valence-electron chi connectivity index (χ0n) is 11.5. The van der Waals surface area contributed by atoms with E-state index in [0.717, 1.165) is 18.8 Å². The molecular formula is C16H17Cl2NO. The summed E-state index contributed by atoms with van der Waals surface area (Å²) in [4.78, 5) is 0. The maximum absolute atomic E-state index is 6.09. The standard InChI is InChI=1S/C16H17Cl2NO/c1-3-19-10-12-4-6-14(8-11(12)2)20-16-9-13(17)5-7-15(16)18/h4-9,19H,3,10H2,1-2H3. The van der Waals surface area contributed by atoms with Gasteiger partial charge in [-0.05, 0) is 48.9 Å². The van der Waals surface area contributed by atoms with E-state index in [-0.39, 0.29) is 0 Å². The molecule has 0 aliphatic rings. The first kappa shape index (κ1) is 15.2. The highest BCUT2D eigenvalue weighted by Gasteiger charge is 2.06. The highest BCUT2D eigenvalue weighted by molar-refractivity contribution is 6.34. The van der Waals surface area contributed by atoms with E-state index >= 15 is 0 Å². The first-order valence-electron chi connectivity index (χ1n) is 6.53. The fourth-order valence-electron chi connectivity index (χ4n) is 1.87. The Labute approximate surface area is 129 Å². The molecule has 0 aliphatic carbocycles. The predicted octanol–water partition coefficient (Wildman–Crippen LogP) is 5.20. The topological polar surface area (TPSA) is 21.3 Å². The van der Waals surface area contributed by atoms with Crippen molar-refractivity contribution < 1.29 is 4.74 Å². The molecule has 0 amide bonds. The van der Waals surface area contributed by atoms with Gasteiger partial charge in [-0.25, -0.2) is 0 Å². The highest BCUT2D eigenvalue weighted by atomic mass is 35.5. The Balaban J connectivity index is 2.17. The van der Waals surface area contributed by atoms with Crippen molar-refractivity contribution in [3.63, 3.8) is 0 Å². The van der Waals surface area contributed by atoms with Crippen LogP contribution in [0.3, 0.4) is 0 Å². The monoisotopic (exact) mass is 309 g/mol. The first-order chi connectivity index (χ1) is 9.60. The van der Waals surface area contributed by atoms with Crippen LogP contribution >= 0.6 is 23.2 Å². The van der Waals surface area contributed by atoms with Crippen LogP contribution < -0.4 is 10.1 Å². The molecule has 0 unspecified atom stereocenters. The molecule has 106 valence electrons. The molecule has 0 fully saturated rings. The highest BCUT2D eigenvalue weighted by Crippen LogP contribution is 2.32. The van der Waals surface area contributed by atoms with Gasteiger partial charge in [-0.3, -0.25) is 0 Å². The van der Waals surface area contributed by atoms with Crippen molar-refractivity contribution in [3.8, 4) is 11.5 Å². The van der Waals surface area contributed by atoms with Crippen molar-refractivity contribution >= 4 is 23.2 Å². The van der Waals surface area contributed by atoms with Gasteiger partial charge in [-0.2, -0.15) is 0 Å². The lowest BCUT2D eigenvalue weighted by Crippen LogP contribution is -2.12. The number of nitrogens with one attached hydrogen (secondary N) is 1. The van der Waals surface area contributed by atoms with Gasteiger partial charge in [0.05, 0.1) is 5.02 Å². The van der Waals surface area contributed by atoms with Crippen LogP contribution in [-0.2, 0) is 6.54 Å². The third-order valence-electron chi connectivity index (χ3n) is 3.00. The summed E-state index contributed by atoms with van der Waals surface area (Å²) >= 11 is 12.0. The second-order valence-electron chi connectivity index (χ2n) is 4.55. The number of hydrogen-bond acceptors (Lipinski definition) is 2. The third kappa shape index (κ3) is 3.89. The Hall–Kier alpha value is -1.22.